The van der Waals surface area contributed by atoms with Crippen molar-refractivity contribution in [1.29, 1.82) is 0 Å². The van der Waals surface area contributed by atoms with E-state index in [9.17, 15) is 9.59 Å². The molecule has 3 aromatic rings. The Bertz CT molecular complexity index is 1100. The SMILES string of the molecule is Cc1ccc(-c2csc3ncn(CC(=O)N4CCO[C@H](C)C4)c(=O)c23)cc1C. The maximum Gasteiger partial charge on any atom is 0.263 e. The van der Waals surface area contributed by atoms with Crippen molar-refractivity contribution in [2.45, 2.75) is 33.4 Å². The number of thiophene rings is 1. The largest absolute Gasteiger partial charge is 0.375 e. The van der Waals surface area contributed by atoms with E-state index in [4.69, 9.17) is 4.74 Å². The number of fused-ring (bicyclic) bond motifs is 1. The smallest absolute Gasteiger partial charge is 0.263 e. The lowest BCUT2D eigenvalue weighted by Crippen LogP contribution is -2.46. The van der Waals surface area contributed by atoms with Gasteiger partial charge in [-0.1, -0.05) is 18.2 Å². The van der Waals surface area contributed by atoms with Crippen molar-refractivity contribution >= 4 is 27.5 Å². The van der Waals surface area contributed by atoms with Gasteiger partial charge in [0.05, 0.1) is 24.4 Å². The molecule has 1 aromatic carbocycles. The molecule has 0 radical (unpaired) electrons. The number of rotatable bonds is 3. The number of nitrogens with zero attached hydrogens (tertiary/aromatic N) is 3. The molecule has 1 atom stereocenters. The summed E-state index contributed by atoms with van der Waals surface area (Å²) in [5, 5.41) is 2.55. The maximum absolute atomic E-state index is 13.2. The summed E-state index contributed by atoms with van der Waals surface area (Å²) in [6.07, 6.45) is 1.50. The molecule has 0 bridgehead atoms. The van der Waals surface area contributed by atoms with Gasteiger partial charge in [0, 0.05) is 24.0 Å². The minimum atomic E-state index is -0.172. The van der Waals surface area contributed by atoms with Crippen molar-refractivity contribution in [3.8, 4) is 11.1 Å². The summed E-state index contributed by atoms with van der Waals surface area (Å²) >= 11 is 1.45. The summed E-state index contributed by atoms with van der Waals surface area (Å²) in [6.45, 7) is 7.70. The second-order valence-corrected chi connectivity index (χ2v) is 8.19. The normalized spacial score (nSPS) is 17.2. The minimum Gasteiger partial charge on any atom is -0.375 e. The Labute approximate surface area is 167 Å². The predicted octanol–water partition coefficient (Wildman–Crippen LogP) is 2.99. The first-order valence-corrected chi connectivity index (χ1v) is 10.3. The highest BCUT2D eigenvalue weighted by Gasteiger charge is 2.22. The number of hydrogen-bond donors (Lipinski definition) is 0. The molecule has 0 saturated carbocycles. The molecule has 146 valence electrons. The Kier molecular flexibility index (Phi) is 5.03. The van der Waals surface area contributed by atoms with Gasteiger partial charge in [0.25, 0.3) is 5.56 Å². The van der Waals surface area contributed by atoms with Crippen LogP contribution in [0.5, 0.6) is 0 Å². The average molecular weight is 398 g/mol. The fourth-order valence-corrected chi connectivity index (χ4v) is 4.40. The van der Waals surface area contributed by atoms with Gasteiger partial charge in [0.15, 0.2) is 0 Å². The fraction of sp³-hybridized carbons (Fsp3) is 0.381. The van der Waals surface area contributed by atoms with Crippen LogP contribution in [0.15, 0.2) is 34.7 Å². The van der Waals surface area contributed by atoms with Crippen LogP contribution in [0.4, 0.5) is 0 Å². The van der Waals surface area contributed by atoms with Gasteiger partial charge in [-0.25, -0.2) is 4.98 Å². The Morgan fingerprint density at radius 3 is 2.89 bits per heavy atom. The van der Waals surface area contributed by atoms with E-state index < -0.39 is 0 Å². The van der Waals surface area contributed by atoms with Crippen LogP contribution in [-0.4, -0.2) is 46.2 Å². The highest BCUT2D eigenvalue weighted by molar-refractivity contribution is 7.17. The zero-order valence-electron chi connectivity index (χ0n) is 16.3. The zero-order valence-corrected chi connectivity index (χ0v) is 17.1. The second-order valence-electron chi connectivity index (χ2n) is 7.33. The summed E-state index contributed by atoms with van der Waals surface area (Å²) < 4.78 is 6.91. The van der Waals surface area contributed by atoms with E-state index >= 15 is 0 Å². The first-order valence-electron chi connectivity index (χ1n) is 9.37. The third-order valence-electron chi connectivity index (χ3n) is 5.28. The fourth-order valence-electron chi connectivity index (χ4n) is 3.49. The number of benzene rings is 1. The lowest BCUT2D eigenvalue weighted by molar-refractivity contribution is -0.138. The molecule has 0 aliphatic carbocycles. The Morgan fingerprint density at radius 2 is 2.14 bits per heavy atom. The maximum atomic E-state index is 13.2. The second kappa shape index (κ2) is 7.48. The van der Waals surface area contributed by atoms with E-state index in [2.05, 4.69) is 31.0 Å². The van der Waals surface area contributed by atoms with Gasteiger partial charge in [-0.05, 0) is 37.5 Å². The molecule has 1 amide bonds. The van der Waals surface area contributed by atoms with Gasteiger partial charge in [-0.2, -0.15) is 0 Å². The first-order chi connectivity index (χ1) is 13.4. The van der Waals surface area contributed by atoms with E-state index in [1.54, 1.807) is 4.90 Å². The zero-order chi connectivity index (χ0) is 19.8. The lowest BCUT2D eigenvalue weighted by atomic mass is 10.0. The van der Waals surface area contributed by atoms with Crippen LogP contribution >= 0.6 is 11.3 Å². The van der Waals surface area contributed by atoms with E-state index in [0.717, 1.165) is 11.1 Å². The topological polar surface area (TPSA) is 64.4 Å². The highest BCUT2D eigenvalue weighted by Crippen LogP contribution is 2.31. The quantitative estimate of drug-likeness (QED) is 0.682. The van der Waals surface area contributed by atoms with Gasteiger partial charge in [0.1, 0.15) is 11.4 Å². The number of aryl methyl sites for hydroxylation is 2. The van der Waals surface area contributed by atoms with Crippen molar-refractivity contribution < 1.29 is 9.53 Å². The van der Waals surface area contributed by atoms with Gasteiger partial charge in [-0.15, -0.1) is 11.3 Å². The molecule has 2 aromatic heterocycles. The Hall–Kier alpha value is -2.51. The van der Waals surface area contributed by atoms with Crippen LogP contribution in [0.3, 0.4) is 0 Å². The summed E-state index contributed by atoms with van der Waals surface area (Å²) in [5.74, 6) is -0.0821. The molecule has 3 heterocycles. The number of carbonyl (C=O) groups is 1. The third-order valence-corrected chi connectivity index (χ3v) is 6.16. The van der Waals surface area contributed by atoms with E-state index in [1.807, 2.05) is 18.4 Å². The summed E-state index contributed by atoms with van der Waals surface area (Å²) in [4.78, 5) is 32.7. The number of amides is 1. The number of carbonyl (C=O) groups excluding carboxylic acids is 1. The van der Waals surface area contributed by atoms with Crippen molar-refractivity contribution in [2.24, 2.45) is 0 Å². The molecule has 1 aliphatic heterocycles. The number of aromatic nitrogens is 2. The Balaban J connectivity index is 1.69. The van der Waals surface area contributed by atoms with Crippen LogP contribution < -0.4 is 5.56 Å². The van der Waals surface area contributed by atoms with Gasteiger partial charge >= 0.3 is 0 Å². The van der Waals surface area contributed by atoms with Crippen molar-refractivity contribution in [3.63, 3.8) is 0 Å². The van der Waals surface area contributed by atoms with E-state index in [-0.39, 0.29) is 24.1 Å². The highest BCUT2D eigenvalue weighted by atomic mass is 32.1. The lowest BCUT2D eigenvalue weighted by Gasteiger charge is -2.31. The van der Waals surface area contributed by atoms with Crippen LogP contribution in [0.2, 0.25) is 0 Å². The monoisotopic (exact) mass is 397 g/mol. The predicted molar refractivity (Wildman–Crippen MR) is 111 cm³/mol. The van der Waals surface area contributed by atoms with Crippen molar-refractivity contribution in [1.82, 2.24) is 14.5 Å². The number of hydrogen-bond acceptors (Lipinski definition) is 5. The molecule has 0 spiro atoms. The van der Waals surface area contributed by atoms with Crippen molar-refractivity contribution in [3.05, 3.63) is 51.4 Å². The molecule has 1 aliphatic rings. The molecule has 0 N–H and O–H groups in total. The van der Waals surface area contributed by atoms with Gasteiger partial charge in [0.2, 0.25) is 5.91 Å². The summed E-state index contributed by atoms with van der Waals surface area (Å²) in [7, 11) is 0. The molecule has 4 rings (SSSR count). The molecule has 7 heteroatoms. The standard InChI is InChI=1S/C21H23N3O3S/c1-13-4-5-16(8-14(13)2)17-11-28-20-19(17)21(26)24(12-22-20)10-18(25)23-6-7-27-15(3)9-23/h4-5,8,11-12,15H,6-7,9-10H2,1-3H3/t15-/m1/s1. The van der Waals surface area contributed by atoms with Crippen LogP contribution in [-0.2, 0) is 16.1 Å². The molecular weight excluding hydrogens is 374 g/mol. The van der Waals surface area contributed by atoms with Gasteiger partial charge < -0.3 is 9.64 Å². The minimum absolute atomic E-state index is 0.00327. The summed E-state index contributed by atoms with van der Waals surface area (Å²) in [5.41, 5.74) is 4.10. The molecule has 1 fully saturated rings. The van der Waals surface area contributed by atoms with Crippen LogP contribution in [0, 0.1) is 13.8 Å². The molecule has 28 heavy (non-hydrogen) atoms. The third kappa shape index (κ3) is 3.47. The molecule has 0 unspecified atom stereocenters. The van der Waals surface area contributed by atoms with Gasteiger partial charge in [-0.3, -0.25) is 14.2 Å². The van der Waals surface area contributed by atoms with Crippen molar-refractivity contribution in [2.75, 3.05) is 19.7 Å². The average Bonchev–Trinajstić information content (AvgIpc) is 3.11. The van der Waals surface area contributed by atoms with Crippen LogP contribution in [0.25, 0.3) is 21.3 Å². The van der Waals surface area contributed by atoms with E-state index in [1.165, 1.54) is 33.4 Å². The van der Waals surface area contributed by atoms with E-state index in [0.29, 0.717) is 29.9 Å². The first kappa shape index (κ1) is 18.8. The number of morpholine rings is 1. The number of ether oxygens (including phenoxy) is 1. The Morgan fingerprint density at radius 1 is 1.32 bits per heavy atom. The van der Waals surface area contributed by atoms with Crippen LogP contribution in [0.1, 0.15) is 18.1 Å². The summed E-state index contributed by atoms with van der Waals surface area (Å²) in [6, 6.07) is 6.18. The molecular formula is C21H23N3O3S. The molecule has 6 nitrogen and oxygen atoms in total. The molecule has 1 saturated heterocycles.